The van der Waals surface area contributed by atoms with Crippen molar-refractivity contribution >= 4 is 15.7 Å². The number of nitrogens with two attached hydrogens (primary N) is 1. The summed E-state index contributed by atoms with van der Waals surface area (Å²) in [5.41, 5.74) is 2.75. The van der Waals surface area contributed by atoms with Gasteiger partial charge in [0, 0.05) is 25.0 Å². The lowest BCUT2D eigenvalue weighted by Crippen LogP contribution is -2.39. The number of anilines is 1. The summed E-state index contributed by atoms with van der Waals surface area (Å²) in [5, 5.41) is 0. The first kappa shape index (κ1) is 15.9. The number of pyridine rings is 1. The summed E-state index contributed by atoms with van der Waals surface area (Å²) in [6.45, 7) is 8.13. The van der Waals surface area contributed by atoms with E-state index in [1.54, 1.807) is 6.07 Å². The second kappa shape index (κ2) is 6.31. The second-order valence-electron chi connectivity index (χ2n) is 5.08. The quantitative estimate of drug-likeness (QED) is 0.610. The first-order valence-corrected chi connectivity index (χ1v) is 7.67. The second-order valence-corrected chi connectivity index (χ2v) is 6.94. The van der Waals surface area contributed by atoms with Crippen LogP contribution in [0.25, 0.3) is 0 Å². The van der Waals surface area contributed by atoms with Gasteiger partial charge in [0.05, 0.1) is 5.69 Å². The smallest absolute Gasteiger partial charge is 0.246 e. The predicted octanol–water partition coefficient (Wildman–Crippen LogP) is 1.42. The van der Waals surface area contributed by atoms with Crippen LogP contribution in [0.1, 0.15) is 27.7 Å². The highest BCUT2D eigenvalue weighted by Crippen LogP contribution is 2.25. The molecular formula is C12H22N4O2S. The van der Waals surface area contributed by atoms with Crippen molar-refractivity contribution < 1.29 is 8.42 Å². The van der Waals surface area contributed by atoms with Gasteiger partial charge in [-0.15, -0.1) is 0 Å². The van der Waals surface area contributed by atoms with E-state index in [2.05, 4.69) is 10.4 Å². The molecule has 3 N–H and O–H groups in total. The van der Waals surface area contributed by atoms with Gasteiger partial charge in [0.2, 0.25) is 10.0 Å². The third kappa shape index (κ3) is 3.65. The Morgan fingerprint density at radius 2 is 2.00 bits per heavy atom. The van der Waals surface area contributed by atoms with Gasteiger partial charge >= 0.3 is 0 Å². The molecule has 0 amide bonds. The number of hydrogen-bond acceptors (Lipinski definition) is 5. The third-order valence-corrected chi connectivity index (χ3v) is 4.72. The van der Waals surface area contributed by atoms with Crippen LogP contribution >= 0.6 is 0 Å². The van der Waals surface area contributed by atoms with Gasteiger partial charge in [-0.1, -0.05) is 13.8 Å². The fraction of sp³-hybridized carbons (Fsp3) is 0.583. The van der Waals surface area contributed by atoms with Crippen LogP contribution in [0, 0.1) is 5.92 Å². The summed E-state index contributed by atoms with van der Waals surface area (Å²) in [4.78, 5) is 3.98. The predicted molar refractivity (Wildman–Crippen MR) is 75.9 cm³/mol. The number of hydrogen-bond donors (Lipinski definition) is 2. The number of hydrazine groups is 1. The maximum atomic E-state index is 12.7. The fourth-order valence-corrected chi connectivity index (χ4v) is 3.68. The van der Waals surface area contributed by atoms with E-state index in [1.165, 1.54) is 16.7 Å². The molecule has 0 spiro atoms. The first-order valence-electron chi connectivity index (χ1n) is 6.23. The van der Waals surface area contributed by atoms with E-state index in [0.717, 1.165) is 0 Å². The van der Waals surface area contributed by atoms with Crippen LogP contribution in [-0.4, -0.2) is 30.3 Å². The van der Waals surface area contributed by atoms with Gasteiger partial charge in [0.25, 0.3) is 0 Å². The van der Waals surface area contributed by atoms with E-state index in [9.17, 15) is 8.42 Å². The van der Waals surface area contributed by atoms with Crippen molar-refractivity contribution in [3.05, 3.63) is 18.5 Å². The zero-order valence-electron chi connectivity index (χ0n) is 11.8. The van der Waals surface area contributed by atoms with Gasteiger partial charge in [-0.05, 0) is 25.8 Å². The van der Waals surface area contributed by atoms with E-state index in [1.807, 2.05) is 27.7 Å². The van der Waals surface area contributed by atoms with Gasteiger partial charge in [-0.3, -0.25) is 10.8 Å². The summed E-state index contributed by atoms with van der Waals surface area (Å²) in [6, 6.07) is 1.42. The van der Waals surface area contributed by atoms with Crippen LogP contribution in [0.15, 0.2) is 23.4 Å². The van der Waals surface area contributed by atoms with Gasteiger partial charge in [0.15, 0.2) is 0 Å². The van der Waals surface area contributed by atoms with Crippen molar-refractivity contribution in [1.29, 1.82) is 0 Å². The Kier molecular flexibility index (Phi) is 5.28. The Morgan fingerprint density at radius 3 is 2.47 bits per heavy atom. The molecule has 0 aliphatic rings. The standard InChI is InChI=1S/C12H22N4O2S/c1-9(2)8-16(10(3)4)19(17,18)12-7-14-6-5-11(12)15-13/h5-7,9-10H,8,13H2,1-4H3,(H,14,15). The van der Waals surface area contributed by atoms with E-state index in [-0.39, 0.29) is 16.9 Å². The summed E-state index contributed by atoms with van der Waals surface area (Å²) in [7, 11) is -3.61. The molecule has 0 aliphatic carbocycles. The lowest BCUT2D eigenvalue weighted by molar-refractivity contribution is 0.319. The Hall–Kier alpha value is -1.18. The highest BCUT2D eigenvalue weighted by Gasteiger charge is 2.29. The topological polar surface area (TPSA) is 88.3 Å². The minimum absolute atomic E-state index is 0.104. The first-order chi connectivity index (χ1) is 8.80. The third-order valence-electron chi connectivity index (χ3n) is 2.65. The van der Waals surface area contributed by atoms with Crippen molar-refractivity contribution in [2.45, 2.75) is 38.6 Å². The van der Waals surface area contributed by atoms with Crippen LogP contribution in [-0.2, 0) is 10.0 Å². The molecule has 0 fully saturated rings. The highest BCUT2D eigenvalue weighted by atomic mass is 32.2. The molecule has 108 valence electrons. The molecule has 0 bridgehead atoms. The lowest BCUT2D eigenvalue weighted by Gasteiger charge is -2.28. The molecule has 19 heavy (non-hydrogen) atoms. The van der Waals surface area contributed by atoms with Crippen molar-refractivity contribution in [3.8, 4) is 0 Å². The van der Waals surface area contributed by atoms with Crippen LogP contribution < -0.4 is 11.3 Å². The molecule has 7 heteroatoms. The monoisotopic (exact) mass is 286 g/mol. The van der Waals surface area contributed by atoms with Crippen molar-refractivity contribution in [2.75, 3.05) is 12.0 Å². The van der Waals surface area contributed by atoms with Crippen LogP contribution in [0.3, 0.4) is 0 Å². The number of rotatable bonds is 6. The van der Waals surface area contributed by atoms with Gasteiger partial charge in [-0.25, -0.2) is 8.42 Å². The van der Waals surface area contributed by atoms with Gasteiger partial charge in [-0.2, -0.15) is 4.31 Å². The molecule has 1 aromatic rings. The molecule has 0 saturated heterocycles. The normalized spacial score (nSPS) is 12.4. The number of aromatic nitrogens is 1. The van der Waals surface area contributed by atoms with E-state index in [4.69, 9.17) is 5.84 Å². The summed E-state index contributed by atoms with van der Waals surface area (Å²) >= 11 is 0. The molecule has 0 aliphatic heterocycles. The molecule has 6 nitrogen and oxygen atoms in total. The summed E-state index contributed by atoms with van der Waals surface area (Å²) in [6.07, 6.45) is 2.82. The minimum Gasteiger partial charge on any atom is -0.323 e. The molecular weight excluding hydrogens is 264 g/mol. The molecule has 0 atom stereocenters. The SMILES string of the molecule is CC(C)CN(C(C)C)S(=O)(=O)c1cnccc1NN. The van der Waals surface area contributed by atoms with E-state index >= 15 is 0 Å². The van der Waals surface area contributed by atoms with Crippen molar-refractivity contribution in [3.63, 3.8) is 0 Å². The minimum atomic E-state index is -3.61. The summed E-state index contributed by atoms with van der Waals surface area (Å²) in [5.74, 6) is 5.60. The maximum Gasteiger partial charge on any atom is 0.246 e. The van der Waals surface area contributed by atoms with Crippen molar-refractivity contribution in [1.82, 2.24) is 9.29 Å². The average molecular weight is 286 g/mol. The van der Waals surface area contributed by atoms with Crippen LogP contribution in [0.2, 0.25) is 0 Å². The lowest BCUT2D eigenvalue weighted by atomic mass is 10.2. The number of sulfonamides is 1. The Labute approximate surface area is 115 Å². The molecule has 1 rings (SSSR count). The average Bonchev–Trinajstić information content (AvgIpc) is 2.35. The number of nitrogens with zero attached hydrogens (tertiary/aromatic N) is 2. The van der Waals surface area contributed by atoms with Gasteiger partial charge < -0.3 is 5.43 Å². The molecule has 1 aromatic heterocycles. The Bertz CT molecular complexity index is 514. The zero-order chi connectivity index (χ0) is 14.6. The van der Waals surface area contributed by atoms with E-state index < -0.39 is 10.0 Å². The van der Waals surface area contributed by atoms with Crippen molar-refractivity contribution in [2.24, 2.45) is 11.8 Å². The largest absolute Gasteiger partial charge is 0.323 e. The number of nitrogens with one attached hydrogen (secondary N) is 1. The highest BCUT2D eigenvalue weighted by molar-refractivity contribution is 7.89. The molecule has 1 heterocycles. The fourth-order valence-electron chi connectivity index (χ4n) is 1.78. The Balaban J connectivity index is 3.27. The molecule has 0 unspecified atom stereocenters. The molecule has 0 radical (unpaired) electrons. The molecule has 0 aromatic carbocycles. The maximum absolute atomic E-state index is 12.7. The Morgan fingerprint density at radius 1 is 1.37 bits per heavy atom. The van der Waals surface area contributed by atoms with Crippen LogP contribution in [0.4, 0.5) is 5.69 Å². The summed E-state index contributed by atoms with van der Waals surface area (Å²) < 4.78 is 26.8. The van der Waals surface area contributed by atoms with Crippen LogP contribution in [0.5, 0.6) is 0 Å². The van der Waals surface area contributed by atoms with Gasteiger partial charge in [0.1, 0.15) is 4.90 Å². The zero-order valence-corrected chi connectivity index (χ0v) is 12.6. The van der Waals surface area contributed by atoms with E-state index in [0.29, 0.717) is 12.2 Å². The number of nitrogen functional groups attached to an aromatic ring is 1. The molecule has 0 saturated carbocycles.